The Balaban J connectivity index is 2.35. The van der Waals surface area contributed by atoms with Crippen molar-refractivity contribution in [3.63, 3.8) is 0 Å². The monoisotopic (exact) mass is 301 g/mol. The second-order valence-corrected chi connectivity index (χ2v) is 4.15. The number of hydrogen-bond acceptors (Lipinski definition) is 6. The van der Waals surface area contributed by atoms with E-state index in [1.807, 2.05) is 0 Å². The number of methoxy groups -OCH3 is 1. The van der Waals surface area contributed by atoms with E-state index in [0.29, 0.717) is 0 Å². The first-order valence-corrected chi connectivity index (χ1v) is 6.17. The van der Waals surface area contributed by atoms with Gasteiger partial charge in [-0.3, -0.25) is 10.1 Å². The predicted octanol–water partition coefficient (Wildman–Crippen LogP) is 2.60. The lowest BCUT2D eigenvalue weighted by atomic mass is 10.1. The van der Waals surface area contributed by atoms with Crippen LogP contribution in [-0.4, -0.2) is 24.0 Å². The Kier molecular flexibility index (Phi) is 4.47. The van der Waals surface area contributed by atoms with Gasteiger partial charge in [0.25, 0.3) is 5.69 Å². The average molecular weight is 301 g/mol. The minimum atomic E-state index is -0.927. The average Bonchev–Trinajstić information content (AvgIpc) is 2.54. The van der Waals surface area contributed by atoms with E-state index < -0.39 is 16.9 Å². The zero-order valence-corrected chi connectivity index (χ0v) is 11.5. The molecule has 0 saturated carbocycles. The maximum absolute atomic E-state index is 12.1. The molecule has 0 fully saturated rings. The van der Waals surface area contributed by atoms with Crippen molar-refractivity contribution >= 4 is 17.6 Å². The number of esters is 2. The number of carbonyl (C=O) groups excluding carboxylic acids is 2. The summed E-state index contributed by atoms with van der Waals surface area (Å²) in [5.41, 5.74) is -0.521. The molecule has 0 aliphatic heterocycles. The van der Waals surface area contributed by atoms with Crippen LogP contribution in [0.3, 0.4) is 0 Å². The summed E-state index contributed by atoms with van der Waals surface area (Å²) in [6.07, 6.45) is 0. The summed E-state index contributed by atoms with van der Waals surface area (Å²) in [6.45, 7) is 0. The molecule has 0 atom stereocenters. The first-order valence-electron chi connectivity index (χ1n) is 6.17. The van der Waals surface area contributed by atoms with Gasteiger partial charge in [0.05, 0.1) is 12.0 Å². The molecular formula is C15H11NO6. The van der Waals surface area contributed by atoms with Crippen LogP contribution < -0.4 is 4.74 Å². The SMILES string of the molecule is COC(=O)c1ccccc1OC(=O)c1ccccc1[N+](=O)[O-]. The van der Waals surface area contributed by atoms with E-state index >= 15 is 0 Å². The third-order valence-electron chi connectivity index (χ3n) is 2.82. The number of hydrogen-bond donors (Lipinski definition) is 0. The summed E-state index contributed by atoms with van der Waals surface area (Å²) >= 11 is 0. The van der Waals surface area contributed by atoms with Gasteiger partial charge in [-0.15, -0.1) is 0 Å². The number of carbonyl (C=O) groups is 2. The van der Waals surface area contributed by atoms with Crippen LogP contribution in [0.25, 0.3) is 0 Å². The van der Waals surface area contributed by atoms with Gasteiger partial charge in [-0.1, -0.05) is 24.3 Å². The van der Waals surface area contributed by atoms with Gasteiger partial charge >= 0.3 is 11.9 Å². The first-order chi connectivity index (χ1) is 10.5. The zero-order chi connectivity index (χ0) is 16.1. The molecule has 7 nitrogen and oxygen atoms in total. The molecule has 0 aromatic heterocycles. The lowest BCUT2D eigenvalue weighted by Crippen LogP contribution is -2.13. The number of ether oxygens (including phenoxy) is 2. The van der Waals surface area contributed by atoms with Crippen molar-refractivity contribution in [2.24, 2.45) is 0 Å². The number of nitro benzene ring substituents is 1. The maximum atomic E-state index is 12.1. The summed E-state index contributed by atoms with van der Waals surface area (Å²) in [6, 6.07) is 11.4. The maximum Gasteiger partial charge on any atom is 0.350 e. The highest BCUT2D eigenvalue weighted by atomic mass is 16.6. The van der Waals surface area contributed by atoms with Crippen LogP contribution in [0.1, 0.15) is 20.7 Å². The molecule has 2 aromatic rings. The Bertz CT molecular complexity index is 740. The van der Waals surface area contributed by atoms with E-state index in [4.69, 9.17) is 4.74 Å². The van der Waals surface area contributed by atoms with Crippen molar-refractivity contribution in [2.75, 3.05) is 7.11 Å². The molecule has 0 aliphatic rings. The van der Waals surface area contributed by atoms with E-state index in [0.717, 1.165) is 0 Å². The molecule has 0 bridgehead atoms. The van der Waals surface area contributed by atoms with Gasteiger partial charge in [0.15, 0.2) is 0 Å². The van der Waals surface area contributed by atoms with Gasteiger partial charge in [0, 0.05) is 6.07 Å². The normalized spacial score (nSPS) is 9.86. The topological polar surface area (TPSA) is 95.7 Å². The summed E-state index contributed by atoms with van der Waals surface area (Å²) in [5.74, 6) is -1.63. The van der Waals surface area contributed by atoms with Crippen LogP contribution in [0.2, 0.25) is 0 Å². The van der Waals surface area contributed by atoms with Gasteiger partial charge < -0.3 is 9.47 Å². The van der Waals surface area contributed by atoms with Crippen LogP contribution in [0.5, 0.6) is 5.75 Å². The molecule has 0 saturated heterocycles. The third kappa shape index (κ3) is 3.09. The summed E-state index contributed by atoms with van der Waals surface area (Å²) in [5, 5.41) is 10.9. The Hall–Kier alpha value is -3.22. The molecule has 7 heteroatoms. The van der Waals surface area contributed by atoms with E-state index in [9.17, 15) is 19.7 Å². The number of rotatable bonds is 4. The standard InChI is InChI=1S/C15H11NO6/c1-21-14(17)11-7-3-5-9-13(11)22-15(18)10-6-2-4-8-12(10)16(19)20/h2-9H,1H3. The minimum absolute atomic E-state index is 0.0301. The van der Waals surface area contributed by atoms with E-state index in [1.165, 1.54) is 43.5 Å². The molecule has 0 aliphatic carbocycles. The fraction of sp³-hybridized carbons (Fsp3) is 0.0667. The molecule has 112 valence electrons. The Labute approximate surface area is 125 Å². The van der Waals surface area contributed by atoms with Crippen molar-refractivity contribution in [3.05, 3.63) is 69.8 Å². The highest BCUT2D eigenvalue weighted by Crippen LogP contribution is 2.23. The predicted molar refractivity (Wildman–Crippen MR) is 75.8 cm³/mol. The molecule has 22 heavy (non-hydrogen) atoms. The first kappa shape index (κ1) is 15.2. The van der Waals surface area contributed by atoms with Gasteiger partial charge in [0.2, 0.25) is 0 Å². The van der Waals surface area contributed by atoms with Crippen molar-refractivity contribution in [2.45, 2.75) is 0 Å². The van der Waals surface area contributed by atoms with Crippen LogP contribution in [0.4, 0.5) is 5.69 Å². The molecule has 0 radical (unpaired) electrons. The molecule has 0 heterocycles. The van der Waals surface area contributed by atoms with Gasteiger partial charge in [0.1, 0.15) is 16.9 Å². The van der Waals surface area contributed by atoms with Gasteiger partial charge in [-0.05, 0) is 18.2 Å². The van der Waals surface area contributed by atoms with Crippen LogP contribution in [0, 0.1) is 10.1 Å². The summed E-state index contributed by atoms with van der Waals surface area (Å²) in [7, 11) is 1.20. The van der Waals surface area contributed by atoms with Gasteiger partial charge in [-0.2, -0.15) is 0 Å². The summed E-state index contributed by atoms with van der Waals surface area (Å²) in [4.78, 5) is 34.0. The van der Waals surface area contributed by atoms with Crippen molar-refractivity contribution in [1.29, 1.82) is 0 Å². The smallest absolute Gasteiger partial charge is 0.350 e. The number of nitro groups is 1. The summed E-state index contributed by atoms with van der Waals surface area (Å²) < 4.78 is 9.69. The van der Waals surface area contributed by atoms with Crippen molar-refractivity contribution in [1.82, 2.24) is 0 Å². The van der Waals surface area contributed by atoms with E-state index in [-0.39, 0.29) is 22.6 Å². The van der Waals surface area contributed by atoms with Crippen LogP contribution in [0.15, 0.2) is 48.5 Å². The van der Waals surface area contributed by atoms with Gasteiger partial charge in [-0.25, -0.2) is 9.59 Å². The fourth-order valence-electron chi connectivity index (χ4n) is 1.79. The van der Waals surface area contributed by atoms with Crippen molar-refractivity contribution < 1.29 is 24.0 Å². The quantitative estimate of drug-likeness (QED) is 0.373. The molecule has 0 unspecified atom stereocenters. The Morgan fingerprint density at radius 2 is 1.55 bits per heavy atom. The van der Waals surface area contributed by atoms with E-state index in [2.05, 4.69) is 4.74 Å². The highest BCUT2D eigenvalue weighted by Gasteiger charge is 2.23. The highest BCUT2D eigenvalue weighted by molar-refractivity contribution is 5.98. The molecular weight excluding hydrogens is 290 g/mol. The van der Waals surface area contributed by atoms with E-state index in [1.54, 1.807) is 12.1 Å². The lowest BCUT2D eigenvalue weighted by Gasteiger charge is -2.08. The van der Waals surface area contributed by atoms with Crippen LogP contribution in [-0.2, 0) is 4.74 Å². The largest absolute Gasteiger partial charge is 0.465 e. The minimum Gasteiger partial charge on any atom is -0.465 e. The zero-order valence-electron chi connectivity index (χ0n) is 11.5. The van der Waals surface area contributed by atoms with Crippen LogP contribution >= 0.6 is 0 Å². The fourth-order valence-corrected chi connectivity index (χ4v) is 1.79. The number of nitrogens with zero attached hydrogens (tertiary/aromatic N) is 1. The Morgan fingerprint density at radius 3 is 2.18 bits per heavy atom. The molecule has 2 aromatic carbocycles. The Morgan fingerprint density at radius 1 is 0.955 bits per heavy atom. The number of para-hydroxylation sites is 2. The van der Waals surface area contributed by atoms with Crippen molar-refractivity contribution in [3.8, 4) is 5.75 Å². The molecule has 0 N–H and O–H groups in total. The molecule has 2 rings (SSSR count). The third-order valence-corrected chi connectivity index (χ3v) is 2.82. The second-order valence-electron chi connectivity index (χ2n) is 4.15. The second kappa shape index (κ2) is 6.49. The molecule has 0 amide bonds. The molecule has 0 spiro atoms. The number of benzene rings is 2. The lowest BCUT2D eigenvalue weighted by molar-refractivity contribution is -0.385.